The maximum absolute atomic E-state index is 5.61. The van der Waals surface area contributed by atoms with E-state index in [0.29, 0.717) is 19.3 Å². The molecule has 1 N–H and O–H groups in total. The second-order valence-electron chi connectivity index (χ2n) is 4.53. The lowest BCUT2D eigenvalue weighted by Crippen LogP contribution is -2.21. The van der Waals surface area contributed by atoms with Crippen LogP contribution in [-0.2, 0) is 4.74 Å². The van der Waals surface area contributed by atoms with Gasteiger partial charge in [0.05, 0.1) is 6.61 Å². The van der Waals surface area contributed by atoms with Gasteiger partial charge in [0.15, 0.2) is 0 Å². The zero-order chi connectivity index (χ0) is 13.9. The highest BCUT2D eigenvalue weighted by molar-refractivity contribution is 5.29. The Morgan fingerprint density at radius 3 is 2.37 bits per heavy atom. The van der Waals surface area contributed by atoms with Gasteiger partial charge in [-0.25, -0.2) is 0 Å². The van der Waals surface area contributed by atoms with Gasteiger partial charge in [0.1, 0.15) is 12.4 Å². The van der Waals surface area contributed by atoms with E-state index in [1.807, 2.05) is 19.1 Å². The minimum atomic E-state index is 0.442. The number of hydrogen-bond donors (Lipinski definition) is 1. The summed E-state index contributed by atoms with van der Waals surface area (Å²) in [5.74, 6) is 0.911. The van der Waals surface area contributed by atoms with Crippen LogP contribution < -0.4 is 10.1 Å². The summed E-state index contributed by atoms with van der Waals surface area (Å²) in [6.07, 6.45) is 2.26. The molecule has 0 bridgehead atoms. The van der Waals surface area contributed by atoms with Gasteiger partial charge in [-0.15, -0.1) is 0 Å². The summed E-state index contributed by atoms with van der Waals surface area (Å²) in [6.45, 7) is 9.44. The van der Waals surface area contributed by atoms with Gasteiger partial charge in [0.2, 0.25) is 0 Å². The van der Waals surface area contributed by atoms with Crippen molar-refractivity contribution in [2.24, 2.45) is 0 Å². The van der Waals surface area contributed by atoms with Crippen molar-refractivity contribution in [3.63, 3.8) is 0 Å². The van der Waals surface area contributed by atoms with Crippen LogP contribution in [0.5, 0.6) is 5.75 Å². The van der Waals surface area contributed by atoms with Crippen molar-refractivity contribution in [1.29, 1.82) is 0 Å². The highest BCUT2D eigenvalue weighted by Crippen LogP contribution is 2.20. The number of hydrogen-bond acceptors (Lipinski definition) is 3. The van der Waals surface area contributed by atoms with E-state index in [4.69, 9.17) is 9.47 Å². The van der Waals surface area contributed by atoms with Crippen LogP contribution in [0, 0.1) is 0 Å². The van der Waals surface area contributed by atoms with E-state index in [9.17, 15) is 0 Å². The Kier molecular flexibility index (Phi) is 8.26. The van der Waals surface area contributed by atoms with Crippen molar-refractivity contribution < 1.29 is 9.47 Å². The van der Waals surface area contributed by atoms with Crippen LogP contribution in [0.1, 0.15) is 45.2 Å². The van der Waals surface area contributed by atoms with Crippen LogP contribution in [-0.4, -0.2) is 26.4 Å². The molecule has 19 heavy (non-hydrogen) atoms. The molecule has 0 fully saturated rings. The molecule has 3 heteroatoms. The Hall–Kier alpha value is -1.06. The number of nitrogens with one attached hydrogen (secondary N) is 1. The van der Waals surface area contributed by atoms with E-state index in [1.165, 1.54) is 5.56 Å². The van der Waals surface area contributed by atoms with Crippen LogP contribution in [0.15, 0.2) is 24.3 Å². The fraction of sp³-hybridized carbons (Fsp3) is 0.625. The van der Waals surface area contributed by atoms with Crippen molar-refractivity contribution in [3.05, 3.63) is 29.8 Å². The average Bonchev–Trinajstić information content (AvgIpc) is 2.46. The lowest BCUT2D eigenvalue weighted by atomic mass is 10.0. The Morgan fingerprint density at radius 2 is 1.79 bits per heavy atom. The molecule has 0 aliphatic carbocycles. The fourth-order valence-corrected chi connectivity index (χ4v) is 1.98. The SMILES string of the molecule is CCCNC(CC)c1ccc(OCCOCC)cc1. The molecular weight excluding hydrogens is 238 g/mol. The first kappa shape index (κ1) is 16.0. The maximum atomic E-state index is 5.61. The van der Waals surface area contributed by atoms with Gasteiger partial charge in [-0.2, -0.15) is 0 Å². The minimum absolute atomic E-state index is 0.442. The predicted octanol–water partition coefficient (Wildman–Crippen LogP) is 3.55. The second kappa shape index (κ2) is 9.82. The van der Waals surface area contributed by atoms with E-state index >= 15 is 0 Å². The number of rotatable bonds is 10. The molecule has 1 rings (SSSR count). The third-order valence-electron chi connectivity index (χ3n) is 3.03. The van der Waals surface area contributed by atoms with Crippen LogP contribution in [0.25, 0.3) is 0 Å². The van der Waals surface area contributed by atoms with Gasteiger partial charge in [0.25, 0.3) is 0 Å². The van der Waals surface area contributed by atoms with Gasteiger partial charge < -0.3 is 14.8 Å². The first-order valence-corrected chi connectivity index (χ1v) is 7.35. The summed E-state index contributed by atoms with van der Waals surface area (Å²) in [6, 6.07) is 8.81. The Labute approximate surface area is 117 Å². The number of benzene rings is 1. The zero-order valence-corrected chi connectivity index (χ0v) is 12.4. The summed E-state index contributed by atoms with van der Waals surface area (Å²) in [5, 5.41) is 3.55. The maximum Gasteiger partial charge on any atom is 0.119 e. The molecule has 0 radical (unpaired) electrons. The van der Waals surface area contributed by atoms with Gasteiger partial charge in [0, 0.05) is 12.6 Å². The van der Waals surface area contributed by atoms with Crippen molar-refractivity contribution in [2.75, 3.05) is 26.4 Å². The Morgan fingerprint density at radius 1 is 1.05 bits per heavy atom. The number of ether oxygens (including phenoxy) is 2. The van der Waals surface area contributed by atoms with Gasteiger partial charge >= 0.3 is 0 Å². The van der Waals surface area contributed by atoms with Crippen LogP contribution in [0.2, 0.25) is 0 Å². The van der Waals surface area contributed by atoms with E-state index in [0.717, 1.165) is 31.7 Å². The van der Waals surface area contributed by atoms with Crippen molar-refractivity contribution in [3.8, 4) is 5.75 Å². The summed E-state index contributed by atoms with van der Waals surface area (Å²) in [4.78, 5) is 0. The lowest BCUT2D eigenvalue weighted by molar-refractivity contribution is 0.110. The molecule has 1 unspecified atom stereocenters. The first-order valence-electron chi connectivity index (χ1n) is 7.35. The monoisotopic (exact) mass is 265 g/mol. The third kappa shape index (κ3) is 6.08. The quantitative estimate of drug-likeness (QED) is 0.656. The smallest absolute Gasteiger partial charge is 0.119 e. The summed E-state index contributed by atoms with van der Waals surface area (Å²) in [7, 11) is 0. The molecule has 1 aromatic carbocycles. The molecule has 108 valence electrons. The van der Waals surface area contributed by atoms with E-state index in [1.54, 1.807) is 0 Å². The molecule has 0 spiro atoms. The molecule has 0 heterocycles. The third-order valence-corrected chi connectivity index (χ3v) is 3.03. The van der Waals surface area contributed by atoms with Crippen molar-refractivity contribution in [2.45, 2.75) is 39.7 Å². The minimum Gasteiger partial charge on any atom is -0.491 e. The molecule has 0 aromatic heterocycles. The van der Waals surface area contributed by atoms with E-state index in [2.05, 4.69) is 31.3 Å². The molecular formula is C16H27NO2. The zero-order valence-electron chi connectivity index (χ0n) is 12.4. The molecule has 0 saturated heterocycles. The predicted molar refractivity (Wildman–Crippen MR) is 79.8 cm³/mol. The van der Waals surface area contributed by atoms with Crippen LogP contribution in [0.3, 0.4) is 0 Å². The van der Waals surface area contributed by atoms with Gasteiger partial charge in [-0.05, 0) is 44.0 Å². The van der Waals surface area contributed by atoms with Gasteiger partial charge in [-0.1, -0.05) is 26.0 Å². The highest BCUT2D eigenvalue weighted by atomic mass is 16.5. The molecule has 0 aliphatic rings. The van der Waals surface area contributed by atoms with Gasteiger partial charge in [-0.3, -0.25) is 0 Å². The summed E-state index contributed by atoms with van der Waals surface area (Å²) >= 11 is 0. The molecule has 1 aromatic rings. The molecule has 0 saturated carbocycles. The topological polar surface area (TPSA) is 30.5 Å². The summed E-state index contributed by atoms with van der Waals surface area (Å²) in [5.41, 5.74) is 1.33. The second-order valence-corrected chi connectivity index (χ2v) is 4.53. The average molecular weight is 265 g/mol. The highest BCUT2D eigenvalue weighted by Gasteiger charge is 2.07. The molecule has 3 nitrogen and oxygen atoms in total. The van der Waals surface area contributed by atoms with Crippen molar-refractivity contribution in [1.82, 2.24) is 5.32 Å². The normalized spacial score (nSPS) is 12.4. The van der Waals surface area contributed by atoms with Crippen LogP contribution >= 0.6 is 0 Å². The standard InChI is InChI=1S/C16H27NO2/c1-4-11-17-16(5-2)14-7-9-15(10-8-14)19-13-12-18-6-3/h7-10,16-17H,4-6,11-13H2,1-3H3. The Balaban J connectivity index is 2.45. The molecule has 0 aliphatic heterocycles. The van der Waals surface area contributed by atoms with E-state index in [-0.39, 0.29) is 0 Å². The first-order chi connectivity index (χ1) is 9.31. The van der Waals surface area contributed by atoms with E-state index < -0.39 is 0 Å². The molecule has 1 atom stereocenters. The fourth-order valence-electron chi connectivity index (χ4n) is 1.98. The largest absolute Gasteiger partial charge is 0.491 e. The Bertz CT molecular complexity index is 324. The van der Waals surface area contributed by atoms with Crippen molar-refractivity contribution >= 4 is 0 Å². The van der Waals surface area contributed by atoms with Crippen LogP contribution in [0.4, 0.5) is 0 Å². The molecule has 0 amide bonds. The lowest BCUT2D eigenvalue weighted by Gasteiger charge is -2.17. The summed E-state index contributed by atoms with van der Waals surface area (Å²) < 4.78 is 10.9.